The summed E-state index contributed by atoms with van der Waals surface area (Å²) in [7, 11) is 1.27. The van der Waals surface area contributed by atoms with E-state index in [1.165, 1.54) is 42.3 Å². The number of rotatable bonds is 4. The molecule has 7 heteroatoms. The Labute approximate surface area is 150 Å². The summed E-state index contributed by atoms with van der Waals surface area (Å²) < 4.78 is 17.8. The number of benzene rings is 2. The number of hydrogen-bond donors (Lipinski definition) is 1. The van der Waals surface area contributed by atoms with E-state index >= 15 is 0 Å². The van der Waals surface area contributed by atoms with Crippen LogP contribution in [0.1, 0.15) is 24.2 Å². The maximum absolute atomic E-state index is 13.0. The minimum atomic E-state index is -0.590. The minimum Gasteiger partial charge on any atom is -0.452 e. The second-order valence-corrected chi connectivity index (χ2v) is 5.99. The molecule has 2 aromatic rings. The van der Waals surface area contributed by atoms with Gasteiger partial charge in [-0.1, -0.05) is 11.6 Å². The lowest BCUT2D eigenvalue weighted by Gasteiger charge is -2.27. The van der Waals surface area contributed by atoms with Gasteiger partial charge in [-0.05, 0) is 56.3 Å². The van der Waals surface area contributed by atoms with Crippen molar-refractivity contribution in [1.82, 2.24) is 0 Å². The molecular weight excluding hydrogens is 347 g/mol. The van der Waals surface area contributed by atoms with E-state index in [2.05, 4.69) is 5.32 Å². The second kappa shape index (κ2) is 7.98. The fourth-order valence-corrected chi connectivity index (χ4v) is 2.49. The van der Waals surface area contributed by atoms with Gasteiger partial charge in [0.25, 0.3) is 5.91 Å². The highest BCUT2D eigenvalue weighted by Crippen LogP contribution is 2.27. The number of amides is 2. The molecule has 1 N–H and O–H groups in total. The Morgan fingerprint density at radius 3 is 2.36 bits per heavy atom. The summed E-state index contributed by atoms with van der Waals surface area (Å²) in [6, 6.07) is 9.76. The van der Waals surface area contributed by atoms with Crippen molar-refractivity contribution < 1.29 is 18.7 Å². The SMILES string of the molecule is COC(=O)N(c1ccc(Cl)cc1C(=O)Nc1ccc(F)cc1)C(C)C. The molecule has 0 aliphatic heterocycles. The monoisotopic (exact) mass is 364 g/mol. The molecular formula is C18H18ClFN2O3. The molecule has 0 heterocycles. The first-order valence-corrected chi connectivity index (χ1v) is 7.95. The number of hydrogen-bond acceptors (Lipinski definition) is 3. The predicted molar refractivity (Wildman–Crippen MR) is 95.8 cm³/mol. The number of nitrogens with zero attached hydrogens (tertiary/aromatic N) is 1. The van der Waals surface area contributed by atoms with Crippen LogP contribution in [0.5, 0.6) is 0 Å². The first kappa shape index (κ1) is 18.7. The van der Waals surface area contributed by atoms with Crippen LogP contribution < -0.4 is 10.2 Å². The topological polar surface area (TPSA) is 58.6 Å². The van der Waals surface area contributed by atoms with E-state index in [9.17, 15) is 14.0 Å². The van der Waals surface area contributed by atoms with Crippen molar-refractivity contribution in [3.05, 3.63) is 58.9 Å². The van der Waals surface area contributed by atoms with Crippen LogP contribution in [0.15, 0.2) is 42.5 Å². The number of ether oxygens (including phenoxy) is 1. The average molecular weight is 365 g/mol. The van der Waals surface area contributed by atoms with E-state index in [1.807, 2.05) is 0 Å². The number of halogens is 2. The second-order valence-electron chi connectivity index (χ2n) is 5.56. The Hall–Kier alpha value is -2.60. The molecule has 132 valence electrons. The maximum atomic E-state index is 13.0. The zero-order valence-corrected chi connectivity index (χ0v) is 14.8. The maximum Gasteiger partial charge on any atom is 0.414 e. The molecule has 0 atom stereocenters. The minimum absolute atomic E-state index is 0.205. The van der Waals surface area contributed by atoms with E-state index in [0.29, 0.717) is 16.4 Å². The van der Waals surface area contributed by atoms with Gasteiger partial charge in [0.15, 0.2) is 0 Å². The zero-order chi connectivity index (χ0) is 18.6. The van der Waals surface area contributed by atoms with Crippen molar-refractivity contribution >= 4 is 35.0 Å². The summed E-state index contributed by atoms with van der Waals surface area (Å²) in [5.41, 5.74) is 0.994. The van der Waals surface area contributed by atoms with Crippen LogP contribution in [-0.4, -0.2) is 25.2 Å². The van der Waals surface area contributed by atoms with Crippen LogP contribution in [0.4, 0.5) is 20.6 Å². The van der Waals surface area contributed by atoms with Gasteiger partial charge in [-0.15, -0.1) is 0 Å². The third-order valence-corrected chi connectivity index (χ3v) is 3.69. The van der Waals surface area contributed by atoms with E-state index in [4.69, 9.17) is 16.3 Å². The highest BCUT2D eigenvalue weighted by atomic mass is 35.5. The Kier molecular flexibility index (Phi) is 5.98. The van der Waals surface area contributed by atoms with Crippen LogP contribution in [0.2, 0.25) is 5.02 Å². The Morgan fingerprint density at radius 2 is 1.80 bits per heavy atom. The standard InChI is InChI=1S/C18H18ClFN2O3/c1-11(2)22(18(24)25-3)16-9-4-12(19)10-15(16)17(23)21-14-7-5-13(20)6-8-14/h4-11H,1-3H3,(H,21,23). The molecule has 0 aliphatic carbocycles. The molecule has 0 spiro atoms. The van der Waals surface area contributed by atoms with Crippen molar-refractivity contribution in [2.75, 3.05) is 17.3 Å². The van der Waals surface area contributed by atoms with Gasteiger partial charge in [-0.25, -0.2) is 9.18 Å². The molecule has 0 aliphatic rings. The molecule has 2 rings (SSSR count). The smallest absolute Gasteiger partial charge is 0.414 e. The third kappa shape index (κ3) is 4.48. The molecule has 0 radical (unpaired) electrons. The van der Waals surface area contributed by atoms with E-state index in [0.717, 1.165) is 0 Å². The third-order valence-electron chi connectivity index (χ3n) is 3.45. The predicted octanol–water partition coefficient (Wildman–Crippen LogP) is 4.71. The van der Waals surface area contributed by atoms with Crippen molar-refractivity contribution in [3.8, 4) is 0 Å². The summed E-state index contributed by atoms with van der Waals surface area (Å²) >= 11 is 6.02. The van der Waals surface area contributed by atoms with Crippen molar-refractivity contribution in [2.45, 2.75) is 19.9 Å². The van der Waals surface area contributed by atoms with Crippen molar-refractivity contribution in [2.24, 2.45) is 0 Å². The first-order valence-electron chi connectivity index (χ1n) is 7.57. The summed E-state index contributed by atoms with van der Waals surface area (Å²) in [4.78, 5) is 26.1. The molecule has 0 saturated heterocycles. The van der Waals surface area contributed by atoms with Gasteiger partial charge in [0.1, 0.15) is 5.82 Å². The average Bonchev–Trinajstić information content (AvgIpc) is 2.57. The van der Waals surface area contributed by atoms with Crippen LogP contribution in [0, 0.1) is 5.82 Å². The number of anilines is 2. The van der Waals surface area contributed by atoms with Gasteiger partial charge in [0.2, 0.25) is 0 Å². The largest absolute Gasteiger partial charge is 0.452 e. The quantitative estimate of drug-likeness (QED) is 0.854. The number of nitrogens with one attached hydrogen (secondary N) is 1. The van der Waals surface area contributed by atoms with Crippen molar-refractivity contribution in [1.29, 1.82) is 0 Å². The number of carbonyl (C=O) groups is 2. The van der Waals surface area contributed by atoms with Gasteiger partial charge < -0.3 is 10.1 Å². The molecule has 0 bridgehead atoms. The highest BCUT2D eigenvalue weighted by molar-refractivity contribution is 6.31. The molecule has 2 aromatic carbocycles. The van der Waals surface area contributed by atoms with Gasteiger partial charge >= 0.3 is 6.09 Å². The highest BCUT2D eigenvalue weighted by Gasteiger charge is 2.25. The van der Waals surface area contributed by atoms with Gasteiger partial charge in [-0.3, -0.25) is 9.69 Å². The Balaban J connectivity index is 2.42. The van der Waals surface area contributed by atoms with Crippen LogP contribution in [0.3, 0.4) is 0 Å². The molecule has 0 aromatic heterocycles. The first-order chi connectivity index (χ1) is 11.8. The normalized spacial score (nSPS) is 10.5. The lowest BCUT2D eigenvalue weighted by atomic mass is 10.1. The van der Waals surface area contributed by atoms with Gasteiger partial charge in [-0.2, -0.15) is 0 Å². The molecule has 2 amide bonds. The molecule has 0 fully saturated rings. The summed E-state index contributed by atoms with van der Waals surface area (Å²) in [6.45, 7) is 3.60. The van der Waals surface area contributed by atoms with Gasteiger partial charge in [0, 0.05) is 16.8 Å². The Morgan fingerprint density at radius 1 is 1.16 bits per heavy atom. The molecule has 0 unspecified atom stereocenters. The number of methoxy groups -OCH3 is 1. The fourth-order valence-electron chi connectivity index (χ4n) is 2.32. The van der Waals surface area contributed by atoms with E-state index in [1.54, 1.807) is 26.0 Å². The lowest BCUT2D eigenvalue weighted by molar-refractivity contribution is 0.102. The molecule has 25 heavy (non-hydrogen) atoms. The summed E-state index contributed by atoms with van der Waals surface area (Å²) in [5, 5.41) is 3.01. The zero-order valence-electron chi connectivity index (χ0n) is 14.0. The molecule has 0 saturated carbocycles. The van der Waals surface area contributed by atoms with Crippen LogP contribution in [0.25, 0.3) is 0 Å². The van der Waals surface area contributed by atoms with E-state index in [-0.39, 0.29) is 11.6 Å². The fraction of sp³-hybridized carbons (Fsp3) is 0.222. The Bertz CT molecular complexity index is 778. The number of carbonyl (C=O) groups excluding carboxylic acids is 2. The summed E-state index contributed by atoms with van der Waals surface area (Å²) in [5.74, 6) is -0.878. The lowest BCUT2D eigenvalue weighted by Crippen LogP contribution is -2.38. The molecule has 5 nitrogen and oxygen atoms in total. The van der Waals surface area contributed by atoms with Crippen LogP contribution in [-0.2, 0) is 4.74 Å². The van der Waals surface area contributed by atoms with E-state index < -0.39 is 17.8 Å². The van der Waals surface area contributed by atoms with Gasteiger partial charge in [0.05, 0.1) is 18.4 Å². The summed E-state index contributed by atoms with van der Waals surface area (Å²) in [6.07, 6.45) is -0.590. The van der Waals surface area contributed by atoms with Crippen LogP contribution >= 0.6 is 11.6 Å². The van der Waals surface area contributed by atoms with Crippen molar-refractivity contribution in [3.63, 3.8) is 0 Å².